The molecule has 0 saturated carbocycles. The molecule has 1 aliphatic rings. The van der Waals surface area contributed by atoms with E-state index in [-0.39, 0.29) is 0 Å². The first kappa shape index (κ1) is 12.6. The lowest BCUT2D eigenvalue weighted by Crippen LogP contribution is -2.29. The molecule has 19 heavy (non-hydrogen) atoms. The van der Waals surface area contributed by atoms with Crippen LogP contribution in [0.5, 0.6) is 0 Å². The van der Waals surface area contributed by atoms with Gasteiger partial charge >= 0.3 is 0 Å². The van der Waals surface area contributed by atoms with Gasteiger partial charge in [0.2, 0.25) is 0 Å². The fourth-order valence-electron chi connectivity index (χ4n) is 2.81. The van der Waals surface area contributed by atoms with E-state index in [0.29, 0.717) is 0 Å². The summed E-state index contributed by atoms with van der Waals surface area (Å²) in [6.45, 7) is 4.02. The van der Waals surface area contributed by atoms with E-state index in [4.69, 9.17) is 4.74 Å². The molecule has 0 spiro atoms. The predicted molar refractivity (Wildman–Crippen MR) is 75.1 cm³/mol. The van der Waals surface area contributed by atoms with Crippen LogP contribution in [0.25, 0.3) is 5.52 Å². The summed E-state index contributed by atoms with van der Waals surface area (Å²) in [7, 11) is 2.20. The Labute approximate surface area is 114 Å². The van der Waals surface area contributed by atoms with Crippen molar-refractivity contribution in [3.8, 4) is 0 Å². The van der Waals surface area contributed by atoms with Crippen molar-refractivity contribution in [1.82, 2.24) is 14.5 Å². The molecule has 0 aliphatic carbocycles. The third kappa shape index (κ3) is 3.14. The highest BCUT2D eigenvalue weighted by Crippen LogP contribution is 2.17. The van der Waals surface area contributed by atoms with Crippen molar-refractivity contribution in [3.05, 3.63) is 36.2 Å². The van der Waals surface area contributed by atoms with Crippen molar-refractivity contribution in [3.63, 3.8) is 0 Å². The molecule has 2 aromatic rings. The number of nitrogens with zero attached hydrogens (tertiary/aromatic N) is 3. The quantitative estimate of drug-likeness (QED) is 0.843. The van der Waals surface area contributed by atoms with E-state index in [1.807, 2.05) is 23.0 Å². The van der Waals surface area contributed by atoms with Gasteiger partial charge in [0.15, 0.2) is 0 Å². The van der Waals surface area contributed by atoms with Crippen LogP contribution in [0.3, 0.4) is 0 Å². The summed E-state index contributed by atoms with van der Waals surface area (Å²) in [4.78, 5) is 2.41. The average molecular weight is 259 g/mol. The molecule has 3 rings (SSSR count). The molecule has 0 atom stereocenters. The van der Waals surface area contributed by atoms with Gasteiger partial charge in [-0.3, -0.25) is 0 Å². The standard InChI is InChI=1S/C15H21N3O/c1-17(11-13-4-8-19-9-5-13)12-14-3-7-18-15(10-14)2-6-16-18/h2-3,6-7,10,13H,4-5,8-9,11-12H2,1H3. The summed E-state index contributed by atoms with van der Waals surface area (Å²) in [5.41, 5.74) is 2.51. The fraction of sp³-hybridized carbons (Fsp3) is 0.533. The lowest BCUT2D eigenvalue weighted by molar-refractivity contribution is 0.0549. The van der Waals surface area contributed by atoms with Crippen molar-refractivity contribution in [1.29, 1.82) is 0 Å². The lowest BCUT2D eigenvalue weighted by Gasteiger charge is -2.27. The summed E-state index contributed by atoms with van der Waals surface area (Å²) in [6, 6.07) is 6.41. The summed E-state index contributed by atoms with van der Waals surface area (Å²) >= 11 is 0. The zero-order chi connectivity index (χ0) is 13.1. The Bertz CT molecular complexity index is 531. The second-order valence-corrected chi connectivity index (χ2v) is 5.49. The van der Waals surface area contributed by atoms with Crippen LogP contribution in [-0.4, -0.2) is 41.3 Å². The zero-order valence-electron chi connectivity index (χ0n) is 11.5. The van der Waals surface area contributed by atoms with Gasteiger partial charge in [-0.15, -0.1) is 0 Å². The minimum absolute atomic E-state index is 0.789. The zero-order valence-corrected chi connectivity index (χ0v) is 11.5. The maximum Gasteiger partial charge on any atom is 0.0664 e. The Hall–Kier alpha value is -1.39. The molecule has 1 saturated heterocycles. The number of rotatable bonds is 4. The van der Waals surface area contributed by atoms with Crippen molar-refractivity contribution in [2.45, 2.75) is 19.4 Å². The molecular weight excluding hydrogens is 238 g/mol. The van der Waals surface area contributed by atoms with Crippen LogP contribution in [-0.2, 0) is 11.3 Å². The molecule has 4 nitrogen and oxygen atoms in total. The van der Waals surface area contributed by atoms with Crippen molar-refractivity contribution in [2.75, 3.05) is 26.8 Å². The smallest absolute Gasteiger partial charge is 0.0664 e. The highest BCUT2D eigenvalue weighted by molar-refractivity contribution is 5.47. The number of hydrogen-bond donors (Lipinski definition) is 0. The molecule has 0 amide bonds. The van der Waals surface area contributed by atoms with Gasteiger partial charge in [-0.1, -0.05) is 0 Å². The molecule has 4 heteroatoms. The van der Waals surface area contributed by atoms with E-state index in [0.717, 1.165) is 37.7 Å². The predicted octanol–water partition coefficient (Wildman–Crippen LogP) is 2.19. The Morgan fingerprint density at radius 3 is 3.05 bits per heavy atom. The molecule has 102 valence electrons. The van der Waals surface area contributed by atoms with Gasteiger partial charge in [-0.25, -0.2) is 4.52 Å². The minimum atomic E-state index is 0.789. The van der Waals surface area contributed by atoms with Gasteiger partial charge in [0.1, 0.15) is 0 Å². The van der Waals surface area contributed by atoms with Gasteiger partial charge < -0.3 is 9.64 Å². The first-order valence-corrected chi connectivity index (χ1v) is 7.00. The SMILES string of the molecule is CN(Cc1ccn2nccc2c1)CC1CCOCC1. The van der Waals surface area contributed by atoms with Crippen LogP contribution in [0.2, 0.25) is 0 Å². The maximum atomic E-state index is 5.41. The first-order chi connectivity index (χ1) is 9.31. The molecule has 3 heterocycles. The topological polar surface area (TPSA) is 29.8 Å². The average Bonchev–Trinajstić information content (AvgIpc) is 2.87. The molecule has 0 bridgehead atoms. The summed E-state index contributed by atoms with van der Waals surface area (Å²) in [5.74, 6) is 0.789. The second kappa shape index (κ2) is 5.72. The van der Waals surface area contributed by atoms with E-state index in [2.05, 4.69) is 29.2 Å². The molecule has 0 unspecified atom stereocenters. The monoisotopic (exact) mass is 259 g/mol. The first-order valence-electron chi connectivity index (χ1n) is 7.00. The Morgan fingerprint density at radius 2 is 2.21 bits per heavy atom. The summed E-state index contributed by atoms with van der Waals surface area (Å²) in [5, 5.41) is 4.22. The van der Waals surface area contributed by atoms with Gasteiger partial charge in [0, 0.05) is 38.7 Å². The number of ether oxygens (including phenoxy) is 1. The van der Waals surface area contributed by atoms with Gasteiger partial charge in [-0.2, -0.15) is 5.10 Å². The van der Waals surface area contributed by atoms with Crippen LogP contribution < -0.4 is 0 Å². The van der Waals surface area contributed by atoms with Crippen LogP contribution in [0, 0.1) is 5.92 Å². The lowest BCUT2D eigenvalue weighted by atomic mass is 10.00. The van der Waals surface area contributed by atoms with Crippen molar-refractivity contribution < 1.29 is 4.74 Å². The Morgan fingerprint density at radius 1 is 1.37 bits per heavy atom. The van der Waals surface area contributed by atoms with Crippen LogP contribution >= 0.6 is 0 Å². The van der Waals surface area contributed by atoms with Crippen molar-refractivity contribution >= 4 is 5.52 Å². The van der Waals surface area contributed by atoms with E-state index in [1.54, 1.807) is 0 Å². The molecule has 2 aromatic heterocycles. The number of aromatic nitrogens is 2. The molecule has 0 radical (unpaired) electrons. The van der Waals surface area contributed by atoms with Crippen LogP contribution in [0.4, 0.5) is 0 Å². The molecule has 0 aromatic carbocycles. The molecule has 1 fully saturated rings. The maximum absolute atomic E-state index is 5.41. The Kier molecular flexibility index (Phi) is 3.80. The number of pyridine rings is 1. The molecular formula is C15H21N3O. The van der Waals surface area contributed by atoms with E-state index in [1.165, 1.54) is 18.4 Å². The van der Waals surface area contributed by atoms with Gasteiger partial charge in [0.05, 0.1) is 5.52 Å². The van der Waals surface area contributed by atoms with E-state index in [9.17, 15) is 0 Å². The third-order valence-corrected chi connectivity index (χ3v) is 3.83. The van der Waals surface area contributed by atoms with E-state index >= 15 is 0 Å². The van der Waals surface area contributed by atoms with Gasteiger partial charge in [0.25, 0.3) is 0 Å². The highest BCUT2D eigenvalue weighted by atomic mass is 16.5. The van der Waals surface area contributed by atoms with Crippen LogP contribution in [0.15, 0.2) is 30.6 Å². The fourth-order valence-corrected chi connectivity index (χ4v) is 2.81. The van der Waals surface area contributed by atoms with Crippen molar-refractivity contribution in [2.24, 2.45) is 5.92 Å². The Balaban J connectivity index is 1.59. The minimum Gasteiger partial charge on any atom is -0.381 e. The largest absolute Gasteiger partial charge is 0.381 e. The number of hydrogen-bond acceptors (Lipinski definition) is 3. The van der Waals surface area contributed by atoms with E-state index < -0.39 is 0 Å². The molecule has 1 aliphatic heterocycles. The van der Waals surface area contributed by atoms with Gasteiger partial charge in [-0.05, 0) is 49.6 Å². The van der Waals surface area contributed by atoms with Crippen LogP contribution in [0.1, 0.15) is 18.4 Å². The summed E-state index contributed by atoms with van der Waals surface area (Å²) < 4.78 is 7.32. The summed E-state index contributed by atoms with van der Waals surface area (Å²) in [6.07, 6.45) is 6.27. The third-order valence-electron chi connectivity index (χ3n) is 3.83. The molecule has 0 N–H and O–H groups in total. The normalized spacial score (nSPS) is 17.4. The second-order valence-electron chi connectivity index (χ2n) is 5.49. The number of fused-ring (bicyclic) bond motifs is 1. The highest BCUT2D eigenvalue weighted by Gasteiger charge is 2.15.